The van der Waals surface area contributed by atoms with Crippen molar-refractivity contribution in [1.82, 2.24) is 10.2 Å². The molecule has 1 atom stereocenters. The van der Waals surface area contributed by atoms with Gasteiger partial charge in [-0.25, -0.2) is 0 Å². The standard InChI is InChI=1S/C15H21N3O4/c1-2-14(12-4-3-5-13(10-12)18(20)21)16-11-15(19)17-6-8-22-9-7-17/h3-5,10,14,16H,2,6-9,11H2,1H3/t14-/m0/s1. The highest BCUT2D eigenvalue weighted by Crippen LogP contribution is 2.21. The molecule has 1 fully saturated rings. The lowest BCUT2D eigenvalue weighted by Crippen LogP contribution is -2.45. The summed E-state index contributed by atoms with van der Waals surface area (Å²) in [6, 6.07) is 6.45. The van der Waals surface area contributed by atoms with E-state index in [-0.39, 0.29) is 24.2 Å². The van der Waals surface area contributed by atoms with Crippen LogP contribution in [-0.4, -0.2) is 48.6 Å². The molecular formula is C15H21N3O4. The minimum Gasteiger partial charge on any atom is -0.378 e. The maximum Gasteiger partial charge on any atom is 0.269 e. The molecule has 2 rings (SSSR count). The number of nitrogens with zero attached hydrogens (tertiary/aromatic N) is 2. The van der Waals surface area contributed by atoms with Crippen LogP contribution in [0.4, 0.5) is 5.69 Å². The molecule has 0 aromatic heterocycles. The number of nitro groups is 1. The molecule has 1 N–H and O–H groups in total. The number of amides is 1. The molecule has 0 spiro atoms. The van der Waals surface area contributed by atoms with E-state index in [1.165, 1.54) is 6.07 Å². The van der Waals surface area contributed by atoms with Crippen LogP contribution in [0.15, 0.2) is 24.3 Å². The third kappa shape index (κ3) is 4.25. The normalized spacial score (nSPS) is 16.3. The first kappa shape index (κ1) is 16.4. The SMILES string of the molecule is CC[C@H](NCC(=O)N1CCOCC1)c1cccc([N+](=O)[O-])c1. The van der Waals surface area contributed by atoms with Crippen LogP contribution in [0.5, 0.6) is 0 Å². The summed E-state index contributed by atoms with van der Waals surface area (Å²) in [6.45, 7) is 4.60. The molecule has 1 aliphatic rings. The first-order valence-electron chi connectivity index (χ1n) is 7.45. The smallest absolute Gasteiger partial charge is 0.269 e. The van der Waals surface area contributed by atoms with Crippen molar-refractivity contribution in [3.05, 3.63) is 39.9 Å². The molecule has 1 aromatic rings. The van der Waals surface area contributed by atoms with Crippen LogP contribution < -0.4 is 5.32 Å². The Kier molecular flexibility index (Phi) is 5.85. The second-order valence-corrected chi connectivity index (χ2v) is 5.19. The van der Waals surface area contributed by atoms with Gasteiger partial charge in [-0.05, 0) is 12.0 Å². The van der Waals surface area contributed by atoms with E-state index < -0.39 is 4.92 Å². The highest BCUT2D eigenvalue weighted by atomic mass is 16.6. The molecule has 1 aliphatic heterocycles. The van der Waals surface area contributed by atoms with Crippen molar-refractivity contribution in [3.8, 4) is 0 Å². The van der Waals surface area contributed by atoms with E-state index >= 15 is 0 Å². The monoisotopic (exact) mass is 307 g/mol. The molecule has 0 unspecified atom stereocenters. The summed E-state index contributed by atoms with van der Waals surface area (Å²) in [6.07, 6.45) is 0.748. The Hall–Kier alpha value is -1.99. The summed E-state index contributed by atoms with van der Waals surface area (Å²) in [4.78, 5) is 24.3. The van der Waals surface area contributed by atoms with Gasteiger partial charge in [-0.1, -0.05) is 19.1 Å². The summed E-state index contributed by atoms with van der Waals surface area (Å²) >= 11 is 0. The van der Waals surface area contributed by atoms with Crippen LogP contribution in [-0.2, 0) is 9.53 Å². The molecule has 7 heteroatoms. The van der Waals surface area contributed by atoms with Crippen LogP contribution >= 0.6 is 0 Å². The average Bonchev–Trinajstić information content (AvgIpc) is 2.56. The van der Waals surface area contributed by atoms with Gasteiger partial charge in [0.05, 0.1) is 24.7 Å². The third-order valence-corrected chi connectivity index (χ3v) is 3.76. The predicted molar refractivity (Wildman–Crippen MR) is 81.5 cm³/mol. The number of ether oxygens (including phenoxy) is 1. The summed E-state index contributed by atoms with van der Waals surface area (Å²) < 4.78 is 5.22. The Morgan fingerprint density at radius 2 is 2.18 bits per heavy atom. The second kappa shape index (κ2) is 7.86. The first-order chi connectivity index (χ1) is 10.6. The molecular weight excluding hydrogens is 286 g/mol. The first-order valence-corrected chi connectivity index (χ1v) is 7.45. The molecule has 22 heavy (non-hydrogen) atoms. The van der Waals surface area contributed by atoms with E-state index in [1.54, 1.807) is 17.0 Å². The maximum atomic E-state index is 12.1. The number of benzene rings is 1. The number of hydrogen-bond donors (Lipinski definition) is 1. The van der Waals surface area contributed by atoms with Crippen molar-refractivity contribution in [1.29, 1.82) is 0 Å². The Morgan fingerprint density at radius 1 is 1.45 bits per heavy atom. The van der Waals surface area contributed by atoms with Gasteiger partial charge in [-0.15, -0.1) is 0 Å². The fourth-order valence-electron chi connectivity index (χ4n) is 2.49. The number of carbonyl (C=O) groups excluding carboxylic acids is 1. The highest BCUT2D eigenvalue weighted by Gasteiger charge is 2.19. The molecule has 1 saturated heterocycles. The van der Waals surface area contributed by atoms with Crippen LogP contribution in [0.2, 0.25) is 0 Å². The van der Waals surface area contributed by atoms with Gasteiger partial charge in [-0.2, -0.15) is 0 Å². The van der Waals surface area contributed by atoms with Crippen molar-refractivity contribution in [2.75, 3.05) is 32.8 Å². The summed E-state index contributed by atoms with van der Waals surface area (Å²) in [7, 11) is 0. The van der Waals surface area contributed by atoms with Gasteiger partial charge in [0.15, 0.2) is 0 Å². The van der Waals surface area contributed by atoms with Crippen molar-refractivity contribution < 1.29 is 14.5 Å². The molecule has 7 nitrogen and oxygen atoms in total. The molecule has 0 radical (unpaired) electrons. The zero-order chi connectivity index (χ0) is 15.9. The second-order valence-electron chi connectivity index (χ2n) is 5.19. The van der Waals surface area contributed by atoms with E-state index in [2.05, 4.69) is 5.32 Å². The molecule has 0 saturated carbocycles. The van der Waals surface area contributed by atoms with Crippen molar-refractivity contribution in [2.24, 2.45) is 0 Å². The number of nitro benzene ring substituents is 1. The number of non-ortho nitro benzene ring substituents is 1. The average molecular weight is 307 g/mol. The topological polar surface area (TPSA) is 84.7 Å². The van der Waals surface area contributed by atoms with Gasteiger partial charge in [0.25, 0.3) is 5.69 Å². The van der Waals surface area contributed by atoms with Crippen LogP contribution in [0.25, 0.3) is 0 Å². The quantitative estimate of drug-likeness (QED) is 0.636. The van der Waals surface area contributed by atoms with Gasteiger partial charge in [0, 0.05) is 31.3 Å². The van der Waals surface area contributed by atoms with E-state index in [9.17, 15) is 14.9 Å². The Balaban J connectivity index is 1.95. The highest BCUT2D eigenvalue weighted by molar-refractivity contribution is 5.78. The maximum absolute atomic E-state index is 12.1. The third-order valence-electron chi connectivity index (χ3n) is 3.76. The number of morpholine rings is 1. The summed E-state index contributed by atoms with van der Waals surface area (Å²) in [5, 5.41) is 14.0. The van der Waals surface area contributed by atoms with E-state index in [0.29, 0.717) is 26.3 Å². The summed E-state index contributed by atoms with van der Waals surface area (Å²) in [5.41, 5.74) is 0.892. The van der Waals surface area contributed by atoms with Crippen LogP contribution in [0, 0.1) is 10.1 Å². The number of rotatable bonds is 6. The lowest BCUT2D eigenvalue weighted by molar-refractivity contribution is -0.384. The molecule has 120 valence electrons. The van der Waals surface area contributed by atoms with E-state index in [1.807, 2.05) is 13.0 Å². The van der Waals surface area contributed by atoms with Crippen LogP contribution in [0.3, 0.4) is 0 Å². The van der Waals surface area contributed by atoms with Crippen molar-refractivity contribution >= 4 is 11.6 Å². The number of carbonyl (C=O) groups is 1. The molecule has 1 aromatic carbocycles. The zero-order valence-electron chi connectivity index (χ0n) is 12.7. The fraction of sp³-hybridized carbons (Fsp3) is 0.533. The summed E-state index contributed by atoms with van der Waals surface area (Å²) in [5.74, 6) is 0.0344. The zero-order valence-corrected chi connectivity index (χ0v) is 12.7. The van der Waals surface area contributed by atoms with Gasteiger partial charge in [-0.3, -0.25) is 14.9 Å². The fourth-order valence-corrected chi connectivity index (χ4v) is 2.49. The largest absolute Gasteiger partial charge is 0.378 e. The molecule has 0 aliphatic carbocycles. The lowest BCUT2D eigenvalue weighted by atomic mass is 10.0. The van der Waals surface area contributed by atoms with Crippen molar-refractivity contribution in [2.45, 2.75) is 19.4 Å². The minimum absolute atomic E-state index is 0.0344. The van der Waals surface area contributed by atoms with E-state index in [0.717, 1.165) is 12.0 Å². The molecule has 1 heterocycles. The van der Waals surface area contributed by atoms with Gasteiger partial charge >= 0.3 is 0 Å². The predicted octanol–water partition coefficient (Wildman–Crippen LogP) is 1.49. The molecule has 0 bridgehead atoms. The Morgan fingerprint density at radius 3 is 2.82 bits per heavy atom. The molecule has 1 amide bonds. The van der Waals surface area contributed by atoms with Gasteiger partial charge in [0.1, 0.15) is 0 Å². The Bertz CT molecular complexity index is 529. The van der Waals surface area contributed by atoms with Crippen molar-refractivity contribution in [3.63, 3.8) is 0 Å². The Labute approximate surface area is 129 Å². The lowest BCUT2D eigenvalue weighted by Gasteiger charge is -2.28. The van der Waals surface area contributed by atoms with Gasteiger partial charge < -0.3 is 15.0 Å². The van der Waals surface area contributed by atoms with E-state index in [4.69, 9.17) is 4.74 Å². The number of nitrogens with one attached hydrogen (secondary N) is 1. The number of hydrogen-bond acceptors (Lipinski definition) is 5. The van der Waals surface area contributed by atoms with Crippen LogP contribution in [0.1, 0.15) is 24.9 Å². The minimum atomic E-state index is -0.408. The van der Waals surface area contributed by atoms with Gasteiger partial charge in [0.2, 0.25) is 5.91 Å².